The first-order valence-corrected chi connectivity index (χ1v) is 8.73. The number of esters is 1. The molecule has 0 spiro atoms. The van der Waals surface area contributed by atoms with Crippen molar-refractivity contribution in [2.75, 3.05) is 7.11 Å². The number of rotatable bonds is 6. The molecule has 0 aliphatic carbocycles. The Kier molecular flexibility index (Phi) is 4.80. The second kappa shape index (κ2) is 7.56. The number of oxazole rings is 1. The number of ether oxygens (including phenoxy) is 2. The van der Waals surface area contributed by atoms with Crippen LogP contribution in [0.3, 0.4) is 0 Å². The molecule has 0 aliphatic heterocycles. The standard InChI is InChI=1S/C21H17NO6/c1-25-14-6-7-15-13(10-21(24)28-18(15)11-14)12-26-20(23)9-8-19-22-16-4-2-3-5-17(16)27-19/h2-7,10-11H,8-9,12H2,1H3. The second-order valence-corrected chi connectivity index (χ2v) is 6.19. The van der Waals surface area contributed by atoms with Crippen molar-refractivity contribution in [1.82, 2.24) is 4.98 Å². The van der Waals surface area contributed by atoms with Crippen LogP contribution in [-0.4, -0.2) is 18.1 Å². The molecule has 0 atom stereocenters. The van der Waals surface area contributed by atoms with E-state index >= 15 is 0 Å². The molecule has 0 saturated heterocycles. The first-order valence-electron chi connectivity index (χ1n) is 8.73. The normalized spacial score (nSPS) is 11.0. The number of hydrogen-bond acceptors (Lipinski definition) is 7. The summed E-state index contributed by atoms with van der Waals surface area (Å²) in [4.78, 5) is 28.2. The molecular weight excluding hydrogens is 362 g/mol. The van der Waals surface area contributed by atoms with Gasteiger partial charge in [-0.3, -0.25) is 4.79 Å². The summed E-state index contributed by atoms with van der Waals surface area (Å²) in [5.41, 5.74) is 1.87. The monoisotopic (exact) mass is 379 g/mol. The van der Waals surface area contributed by atoms with Gasteiger partial charge >= 0.3 is 11.6 Å². The van der Waals surface area contributed by atoms with E-state index in [0.29, 0.717) is 40.2 Å². The van der Waals surface area contributed by atoms with Crippen LogP contribution in [0.25, 0.3) is 22.1 Å². The van der Waals surface area contributed by atoms with Gasteiger partial charge in [-0.25, -0.2) is 9.78 Å². The van der Waals surface area contributed by atoms with Gasteiger partial charge in [0.15, 0.2) is 11.5 Å². The predicted octanol–water partition coefficient (Wildman–Crippen LogP) is 3.62. The van der Waals surface area contributed by atoms with Gasteiger partial charge in [-0.15, -0.1) is 0 Å². The molecule has 7 heteroatoms. The Balaban J connectivity index is 1.42. The molecule has 28 heavy (non-hydrogen) atoms. The van der Waals surface area contributed by atoms with Crippen LogP contribution in [0.2, 0.25) is 0 Å². The molecule has 2 heterocycles. The summed E-state index contributed by atoms with van der Waals surface area (Å²) in [5, 5.41) is 0.687. The second-order valence-electron chi connectivity index (χ2n) is 6.19. The van der Waals surface area contributed by atoms with E-state index in [1.165, 1.54) is 13.2 Å². The zero-order chi connectivity index (χ0) is 19.5. The molecule has 0 bridgehead atoms. The molecular formula is C21H17NO6. The van der Waals surface area contributed by atoms with Crippen molar-refractivity contribution in [3.05, 3.63) is 70.4 Å². The fourth-order valence-corrected chi connectivity index (χ4v) is 2.92. The van der Waals surface area contributed by atoms with Gasteiger partial charge in [0.05, 0.1) is 13.5 Å². The minimum atomic E-state index is -0.515. The van der Waals surface area contributed by atoms with Gasteiger partial charge in [0, 0.05) is 29.5 Å². The van der Waals surface area contributed by atoms with Crippen molar-refractivity contribution in [2.45, 2.75) is 19.4 Å². The molecule has 7 nitrogen and oxygen atoms in total. The molecule has 0 unspecified atom stereocenters. The van der Waals surface area contributed by atoms with Crippen molar-refractivity contribution < 1.29 is 23.1 Å². The van der Waals surface area contributed by atoms with Crippen molar-refractivity contribution in [3.63, 3.8) is 0 Å². The topological polar surface area (TPSA) is 91.8 Å². The summed E-state index contributed by atoms with van der Waals surface area (Å²) >= 11 is 0. The van der Waals surface area contributed by atoms with E-state index in [2.05, 4.69) is 4.98 Å². The maximum Gasteiger partial charge on any atom is 0.336 e. The Morgan fingerprint density at radius 2 is 1.93 bits per heavy atom. The number of fused-ring (bicyclic) bond motifs is 2. The number of carbonyl (C=O) groups excluding carboxylic acids is 1. The van der Waals surface area contributed by atoms with Gasteiger partial charge in [-0.05, 0) is 24.3 Å². The summed E-state index contributed by atoms with van der Waals surface area (Å²) in [5.74, 6) is 0.649. The molecule has 4 aromatic rings. The van der Waals surface area contributed by atoms with Gasteiger partial charge in [-0.2, -0.15) is 0 Å². The first-order chi connectivity index (χ1) is 13.6. The van der Waals surface area contributed by atoms with E-state index in [0.717, 1.165) is 5.52 Å². The van der Waals surface area contributed by atoms with E-state index in [4.69, 9.17) is 18.3 Å². The Labute approximate surface area is 159 Å². The Hall–Kier alpha value is -3.61. The molecule has 4 rings (SSSR count). The molecule has 0 saturated carbocycles. The van der Waals surface area contributed by atoms with Crippen LogP contribution < -0.4 is 10.4 Å². The predicted molar refractivity (Wildman–Crippen MR) is 101 cm³/mol. The Morgan fingerprint density at radius 1 is 1.07 bits per heavy atom. The zero-order valence-corrected chi connectivity index (χ0v) is 15.1. The third kappa shape index (κ3) is 3.73. The van der Waals surface area contributed by atoms with Crippen molar-refractivity contribution in [1.29, 1.82) is 0 Å². The largest absolute Gasteiger partial charge is 0.497 e. The maximum atomic E-state index is 12.1. The number of aromatic nitrogens is 1. The number of nitrogens with zero attached hydrogens (tertiary/aromatic N) is 1. The number of hydrogen-bond donors (Lipinski definition) is 0. The highest BCUT2D eigenvalue weighted by atomic mass is 16.5. The maximum absolute atomic E-state index is 12.1. The van der Waals surface area contributed by atoms with Gasteiger partial charge < -0.3 is 18.3 Å². The zero-order valence-electron chi connectivity index (χ0n) is 15.1. The number of carbonyl (C=O) groups is 1. The first kappa shape index (κ1) is 17.8. The van der Waals surface area contributed by atoms with Gasteiger partial charge in [0.25, 0.3) is 0 Å². The Bertz CT molecular complexity index is 1170. The number of para-hydroxylation sites is 2. The van der Waals surface area contributed by atoms with Gasteiger partial charge in [0.1, 0.15) is 23.5 Å². The van der Waals surface area contributed by atoms with Crippen LogP contribution in [0, 0.1) is 0 Å². The van der Waals surface area contributed by atoms with Crippen molar-refractivity contribution in [2.24, 2.45) is 0 Å². The van der Waals surface area contributed by atoms with E-state index < -0.39 is 11.6 Å². The van der Waals surface area contributed by atoms with Crippen LogP contribution >= 0.6 is 0 Å². The third-order valence-corrected chi connectivity index (χ3v) is 4.31. The lowest BCUT2D eigenvalue weighted by atomic mass is 10.1. The summed E-state index contributed by atoms with van der Waals surface area (Å²) in [6, 6.07) is 13.9. The molecule has 0 aliphatic rings. The highest BCUT2D eigenvalue weighted by molar-refractivity contribution is 5.81. The number of aryl methyl sites for hydroxylation is 1. The number of methoxy groups -OCH3 is 1. The van der Waals surface area contributed by atoms with E-state index in [-0.39, 0.29) is 13.0 Å². The average Bonchev–Trinajstić information content (AvgIpc) is 3.12. The van der Waals surface area contributed by atoms with E-state index in [1.807, 2.05) is 24.3 Å². The van der Waals surface area contributed by atoms with Crippen LogP contribution in [0.15, 0.2) is 62.2 Å². The quantitative estimate of drug-likeness (QED) is 0.373. The van der Waals surface area contributed by atoms with Gasteiger partial charge in [-0.1, -0.05) is 12.1 Å². The minimum absolute atomic E-state index is 0.0270. The lowest BCUT2D eigenvalue weighted by Crippen LogP contribution is -2.08. The Morgan fingerprint density at radius 3 is 2.75 bits per heavy atom. The molecule has 0 fully saturated rings. The summed E-state index contributed by atoms with van der Waals surface area (Å²) in [6.45, 7) is -0.0270. The fraction of sp³-hybridized carbons (Fsp3) is 0.190. The minimum Gasteiger partial charge on any atom is -0.497 e. The SMILES string of the molecule is COc1ccc2c(COC(=O)CCc3nc4ccccc4o3)cc(=O)oc2c1. The summed E-state index contributed by atoms with van der Waals surface area (Å²) in [6.07, 6.45) is 0.461. The summed E-state index contributed by atoms with van der Waals surface area (Å²) in [7, 11) is 1.53. The molecule has 0 radical (unpaired) electrons. The van der Waals surface area contributed by atoms with E-state index in [9.17, 15) is 9.59 Å². The number of benzene rings is 2. The van der Waals surface area contributed by atoms with Crippen LogP contribution in [0.1, 0.15) is 17.9 Å². The fourth-order valence-electron chi connectivity index (χ4n) is 2.92. The highest BCUT2D eigenvalue weighted by Crippen LogP contribution is 2.23. The van der Waals surface area contributed by atoms with Crippen molar-refractivity contribution >= 4 is 28.0 Å². The lowest BCUT2D eigenvalue weighted by molar-refractivity contribution is -0.144. The van der Waals surface area contributed by atoms with Crippen molar-refractivity contribution in [3.8, 4) is 5.75 Å². The summed E-state index contributed by atoms with van der Waals surface area (Å²) < 4.78 is 21.2. The van der Waals surface area contributed by atoms with Gasteiger partial charge in [0.2, 0.25) is 0 Å². The highest BCUT2D eigenvalue weighted by Gasteiger charge is 2.12. The van der Waals surface area contributed by atoms with Crippen LogP contribution in [-0.2, 0) is 22.6 Å². The molecule has 0 N–H and O–H groups in total. The molecule has 2 aromatic carbocycles. The average molecular weight is 379 g/mol. The molecule has 0 amide bonds. The van der Waals surface area contributed by atoms with Crippen LogP contribution in [0.5, 0.6) is 5.75 Å². The molecule has 2 aromatic heterocycles. The lowest BCUT2D eigenvalue weighted by Gasteiger charge is -2.08. The third-order valence-electron chi connectivity index (χ3n) is 4.31. The van der Waals surface area contributed by atoms with Crippen LogP contribution in [0.4, 0.5) is 0 Å². The smallest absolute Gasteiger partial charge is 0.336 e. The molecule has 142 valence electrons. The van der Waals surface area contributed by atoms with E-state index in [1.54, 1.807) is 18.2 Å².